The predicted octanol–water partition coefficient (Wildman–Crippen LogP) is 2.51. The fourth-order valence-corrected chi connectivity index (χ4v) is 4.14. The zero-order valence-corrected chi connectivity index (χ0v) is 20.9. The quantitative estimate of drug-likeness (QED) is 0.367. The topological polar surface area (TPSA) is 136 Å². The summed E-state index contributed by atoms with van der Waals surface area (Å²) in [7, 11) is 1.57. The Balaban J connectivity index is 1.57. The number of carbonyl (C=O) groups excluding carboxylic acids is 3. The van der Waals surface area contributed by atoms with Crippen molar-refractivity contribution < 1.29 is 19.1 Å². The maximum atomic E-state index is 13.6. The van der Waals surface area contributed by atoms with Gasteiger partial charge in [0.1, 0.15) is 23.9 Å². The molecule has 1 aliphatic carbocycles. The summed E-state index contributed by atoms with van der Waals surface area (Å²) in [5, 5.41) is 5.70. The van der Waals surface area contributed by atoms with Crippen LogP contribution in [0.3, 0.4) is 0 Å². The van der Waals surface area contributed by atoms with Crippen LogP contribution in [0.4, 0.5) is 5.82 Å². The average Bonchev–Trinajstić information content (AvgIpc) is 3.67. The second kappa shape index (κ2) is 11.2. The van der Waals surface area contributed by atoms with Crippen LogP contribution >= 0.6 is 0 Å². The van der Waals surface area contributed by atoms with Gasteiger partial charge in [-0.2, -0.15) is 0 Å². The van der Waals surface area contributed by atoms with Gasteiger partial charge in [-0.25, -0.2) is 9.97 Å². The Morgan fingerprint density at radius 1 is 0.973 bits per heavy atom. The van der Waals surface area contributed by atoms with Gasteiger partial charge in [0.05, 0.1) is 18.7 Å². The van der Waals surface area contributed by atoms with Gasteiger partial charge in [-0.05, 0) is 42.5 Å². The van der Waals surface area contributed by atoms with Crippen molar-refractivity contribution in [2.75, 3.05) is 12.8 Å². The molecule has 1 aromatic heterocycles. The summed E-state index contributed by atoms with van der Waals surface area (Å²) in [6.07, 6.45) is 4.70. The third-order valence-electron chi connectivity index (χ3n) is 6.72. The molecule has 2 atom stereocenters. The zero-order chi connectivity index (χ0) is 26.4. The van der Waals surface area contributed by atoms with Crippen LogP contribution in [-0.2, 0) is 22.4 Å². The van der Waals surface area contributed by atoms with Gasteiger partial charge in [-0.15, -0.1) is 0 Å². The van der Waals surface area contributed by atoms with Crippen molar-refractivity contribution in [3.05, 3.63) is 83.8 Å². The van der Waals surface area contributed by atoms with E-state index in [4.69, 9.17) is 10.5 Å². The van der Waals surface area contributed by atoms with Crippen molar-refractivity contribution in [1.29, 1.82) is 0 Å². The van der Waals surface area contributed by atoms with E-state index < -0.39 is 29.3 Å². The van der Waals surface area contributed by atoms with Crippen molar-refractivity contribution in [2.24, 2.45) is 5.41 Å². The summed E-state index contributed by atoms with van der Waals surface area (Å²) in [4.78, 5) is 47.7. The average molecular weight is 502 g/mol. The predicted molar refractivity (Wildman–Crippen MR) is 139 cm³/mol. The molecule has 9 nitrogen and oxygen atoms in total. The molecule has 0 saturated heterocycles. The molecule has 2 unspecified atom stereocenters. The van der Waals surface area contributed by atoms with Crippen LogP contribution in [0.1, 0.15) is 41.3 Å². The molecule has 4 N–H and O–H groups in total. The normalized spacial score (nSPS) is 15.2. The standard InChI is InChI=1S/C28H31N5O4/c1-28(12-13-28)24(34)22(14-18-6-4-3-5-7-18)32-27(36)23(15-19-8-10-20(37-2)11-9-19)33-26(35)21-16-30-17-31-25(21)29/h3-11,16-17,22-23H,12-15H2,1-2H3,(H,32,36)(H,33,35)(H2,29,30,31). The van der Waals surface area contributed by atoms with Crippen molar-refractivity contribution in [3.8, 4) is 5.75 Å². The molecule has 9 heteroatoms. The summed E-state index contributed by atoms with van der Waals surface area (Å²) >= 11 is 0. The lowest BCUT2D eigenvalue weighted by Crippen LogP contribution is -2.54. The van der Waals surface area contributed by atoms with Crippen LogP contribution in [0.2, 0.25) is 0 Å². The van der Waals surface area contributed by atoms with E-state index in [2.05, 4.69) is 20.6 Å². The number of hydrogen-bond acceptors (Lipinski definition) is 7. The molecule has 1 heterocycles. The molecule has 192 valence electrons. The maximum absolute atomic E-state index is 13.6. The maximum Gasteiger partial charge on any atom is 0.257 e. The number of nitrogens with one attached hydrogen (secondary N) is 2. The Labute approximate surface area is 215 Å². The van der Waals surface area contributed by atoms with Crippen molar-refractivity contribution in [3.63, 3.8) is 0 Å². The smallest absolute Gasteiger partial charge is 0.257 e. The highest BCUT2D eigenvalue weighted by molar-refractivity contribution is 6.01. The number of ketones is 1. The van der Waals surface area contributed by atoms with Gasteiger partial charge in [0.15, 0.2) is 5.78 Å². The van der Waals surface area contributed by atoms with Crippen molar-refractivity contribution in [2.45, 2.75) is 44.7 Å². The first-order chi connectivity index (χ1) is 17.8. The van der Waals surface area contributed by atoms with Gasteiger partial charge < -0.3 is 21.1 Å². The van der Waals surface area contributed by atoms with E-state index in [-0.39, 0.29) is 23.6 Å². The van der Waals surface area contributed by atoms with E-state index in [9.17, 15) is 14.4 Å². The molecule has 0 spiro atoms. The van der Waals surface area contributed by atoms with Crippen LogP contribution in [0, 0.1) is 5.41 Å². The van der Waals surface area contributed by atoms with Gasteiger partial charge in [0.2, 0.25) is 5.91 Å². The minimum Gasteiger partial charge on any atom is -0.497 e. The number of aromatic nitrogens is 2. The molecule has 2 aromatic carbocycles. The lowest BCUT2D eigenvalue weighted by Gasteiger charge is -2.25. The second-order valence-electron chi connectivity index (χ2n) is 9.58. The van der Waals surface area contributed by atoms with Crippen LogP contribution in [0.5, 0.6) is 5.75 Å². The first-order valence-electron chi connectivity index (χ1n) is 12.2. The highest BCUT2D eigenvalue weighted by atomic mass is 16.5. The number of methoxy groups -OCH3 is 1. The fourth-order valence-electron chi connectivity index (χ4n) is 4.14. The number of amides is 2. The Kier molecular flexibility index (Phi) is 7.81. The van der Waals surface area contributed by atoms with Crippen LogP contribution in [0.15, 0.2) is 67.1 Å². The Bertz CT molecular complexity index is 1260. The minimum absolute atomic E-state index is 0.0000640. The van der Waals surface area contributed by atoms with Crippen molar-refractivity contribution in [1.82, 2.24) is 20.6 Å². The largest absolute Gasteiger partial charge is 0.497 e. The van der Waals surface area contributed by atoms with E-state index >= 15 is 0 Å². The number of rotatable bonds is 11. The molecule has 1 saturated carbocycles. The Morgan fingerprint density at radius 3 is 2.24 bits per heavy atom. The summed E-state index contributed by atoms with van der Waals surface area (Å²) < 4.78 is 5.22. The molecule has 1 aliphatic rings. The number of ether oxygens (including phenoxy) is 1. The van der Waals surface area contributed by atoms with Crippen LogP contribution in [0.25, 0.3) is 0 Å². The number of anilines is 1. The molecule has 0 aliphatic heterocycles. The molecule has 37 heavy (non-hydrogen) atoms. The zero-order valence-electron chi connectivity index (χ0n) is 20.9. The number of nitrogens with two attached hydrogens (primary N) is 1. The molecule has 1 fully saturated rings. The number of nitrogen functional groups attached to an aromatic ring is 1. The highest BCUT2D eigenvalue weighted by Crippen LogP contribution is 2.46. The molecule has 0 radical (unpaired) electrons. The molecule has 2 amide bonds. The summed E-state index contributed by atoms with van der Waals surface area (Å²) in [5.74, 6) is -0.353. The third-order valence-corrected chi connectivity index (χ3v) is 6.72. The van der Waals surface area contributed by atoms with Gasteiger partial charge in [0.25, 0.3) is 5.91 Å². The fraction of sp³-hybridized carbons (Fsp3) is 0.321. The molecule has 4 rings (SSSR count). The van der Waals surface area contributed by atoms with Gasteiger partial charge >= 0.3 is 0 Å². The highest BCUT2D eigenvalue weighted by Gasteiger charge is 2.48. The number of nitrogens with zero attached hydrogens (tertiary/aromatic N) is 2. The summed E-state index contributed by atoms with van der Waals surface area (Å²) in [5.41, 5.74) is 7.23. The Morgan fingerprint density at radius 2 is 1.62 bits per heavy atom. The molecule has 0 bridgehead atoms. The number of hydrogen-bond donors (Lipinski definition) is 3. The van der Waals surface area contributed by atoms with Crippen LogP contribution < -0.4 is 21.1 Å². The van der Waals surface area contributed by atoms with Gasteiger partial charge in [0, 0.05) is 18.0 Å². The van der Waals surface area contributed by atoms with E-state index in [1.54, 1.807) is 19.2 Å². The monoisotopic (exact) mass is 501 g/mol. The number of carbonyl (C=O) groups is 3. The number of Topliss-reactive ketones (excluding diaryl/α,β-unsaturated/α-hetero) is 1. The van der Waals surface area contributed by atoms with E-state index in [0.717, 1.165) is 24.0 Å². The first kappa shape index (κ1) is 25.8. The molecule has 3 aromatic rings. The van der Waals surface area contributed by atoms with Gasteiger partial charge in [-0.3, -0.25) is 14.4 Å². The number of benzene rings is 2. The lowest BCUT2D eigenvalue weighted by molar-refractivity contribution is -0.131. The van der Waals surface area contributed by atoms with E-state index in [1.807, 2.05) is 49.4 Å². The van der Waals surface area contributed by atoms with Crippen molar-refractivity contribution >= 4 is 23.4 Å². The Hall–Kier alpha value is -4.27. The SMILES string of the molecule is COc1ccc(CC(NC(=O)c2cncnc2N)C(=O)NC(Cc2ccccc2)C(=O)C2(C)CC2)cc1. The van der Waals surface area contributed by atoms with E-state index in [0.29, 0.717) is 12.2 Å². The first-order valence-corrected chi connectivity index (χ1v) is 12.2. The van der Waals surface area contributed by atoms with Crippen LogP contribution in [-0.4, -0.2) is 46.8 Å². The summed E-state index contributed by atoms with van der Waals surface area (Å²) in [6.45, 7) is 1.92. The van der Waals surface area contributed by atoms with Gasteiger partial charge in [-0.1, -0.05) is 49.4 Å². The second-order valence-corrected chi connectivity index (χ2v) is 9.58. The van der Waals surface area contributed by atoms with E-state index in [1.165, 1.54) is 12.5 Å². The lowest BCUT2D eigenvalue weighted by atomic mass is 9.92. The minimum atomic E-state index is -0.974. The molecular weight excluding hydrogens is 470 g/mol. The third kappa shape index (κ3) is 6.49. The summed E-state index contributed by atoms with van der Waals surface area (Å²) in [6, 6.07) is 15.1. The molecular formula is C28H31N5O4.